The molecule has 132 valence electrons. The van der Waals surface area contributed by atoms with Crippen LogP contribution in [0.2, 0.25) is 0 Å². The average molecular weight is 350 g/mol. The molecule has 0 bridgehead atoms. The second kappa shape index (κ2) is 7.18. The van der Waals surface area contributed by atoms with Crippen molar-refractivity contribution in [3.8, 4) is 5.69 Å². The van der Waals surface area contributed by atoms with Gasteiger partial charge in [0.15, 0.2) is 5.65 Å². The van der Waals surface area contributed by atoms with Crippen LogP contribution in [0.25, 0.3) is 16.7 Å². The molecule has 0 spiro atoms. The molecule has 0 radical (unpaired) electrons. The van der Waals surface area contributed by atoms with Gasteiger partial charge in [-0.05, 0) is 25.0 Å². The molecule has 0 aliphatic carbocycles. The van der Waals surface area contributed by atoms with Gasteiger partial charge in [-0.15, -0.1) is 10.2 Å². The predicted molar refractivity (Wildman–Crippen MR) is 97.2 cm³/mol. The SMILES string of the molecule is O=c1[nH]c(NCCCCn2cnnc2)nc2c1cnn2-c1ccccc1. The van der Waals surface area contributed by atoms with E-state index in [4.69, 9.17) is 0 Å². The number of benzene rings is 1. The van der Waals surface area contributed by atoms with Crippen molar-refractivity contribution in [1.82, 2.24) is 34.5 Å². The molecule has 26 heavy (non-hydrogen) atoms. The fourth-order valence-corrected chi connectivity index (χ4v) is 2.72. The average Bonchev–Trinajstić information content (AvgIpc) is 3.32. The minimum absolute atomic E-state index is 0.204. The van der Waals surface area contributed by atoms with Gasteiger partial charge in [-0.2, -0.15) is 10.1 Å². The number of nitrogens with one attached hydrogen (secondary N) is 2. The van der Waals surface area contributed by atoms with E-state index in [1.807, 2.05) is 34.9 Å². The van der Waals surface area contributed by atoms with Crippen LogP contribution >= 0.6 is 0 Å². The Bertz CT molecular complexity index is 1040. The predicted octanol–water partition coefficient (Wildman–Crippen LogP) is 1.59. The molecular formula is C17H18N8O. The lowest BCUT2D eigenvalue weighted by atomic mass is 10.3. The summed E-state index contributed by atoms with van der Waals surface area (Å²) < 4.78 is 3.60. The highest BCUT2D eigenvalue weighted by atomic mass is 16.1. The number of hydrogen-bond donors (Lipinski definition) is 2. The maximum absolute atomic E-state index is 12.3. The molecule has 4 rings (SSSR count). The third-order valence-corrected chi connectivity index (χ3v) is 4.04. The highest BCUT2D eigenvalue weighted by Gasteiger charge is 2.11. The van der Waals surface area contributed by atoms with Crippen molar-refractivity contribution in [2.75, 3.05) is 11.9 Å². The van der Waals surface area contributed by atoms with Crippen molar-refractivity contribution >= 4 is 17.0 Å². The number of para-hydroxylation sites is 1. The van der Waals surface area contributed by atoms with Crippen molar-refractivity contribution in [2.24, 2.45) is 0 Å². The molecule has 3 heterocycles. The van der Waals surface area contributed by atoms with E-state index in [0.29, 0.717) is 23.5 Å². The van der Waals surface area contributed by atoms with Crippen LogP contribution in [0.4, 0.5) is 5.95 Å². The molecule has 1 aromatic carbocycles. The fraction of sp³-hybridized carbons (Fsp3) is 0.235. The summed E-state index contributed by atoms with van der Waals surface area (Å²) in [7, 11) is 0. The van der Waals surface area contributed by atoms with Crippen molar-refractivity contribution < 1.29 is 0 Å². The maximum atomic E-state index is 12.3. The zero-order valence-electron chi connectivity index (χ0n) is 14.0. The summed E-state index contributed by atoms with van der Waals surface area (Å²) >= 11 is 0. The lowest BCUT2D eigenvalue weighted by Gasteiger charge is -2.07. The minimum Gasteiger partial charge on any atom is -0.356 e. The molecule has 0 unspecified atom stereocenters. The van der Waals surface area contributed by atoms with Gasteiger partial charge in [-0.25, -0.2) is 4.68 Å². The quantitative estimate of drug-likeness (QED) is 0.490. The molecule has 0 fully saturated rings. The second-order valence-electron chi connectivity index (χ2n) is 5.88. The Hall–Kier alpha value is -3.49. The summed E-state index contributed by atoms with van der Waals surface area (Å²) in [6, 6.07) is 9.62. The number of hydrogen-bond acceptors (Lipinski definition) is 6. The zero-order valence-corrected chi connectivity index (χ0v) is 14.0. The van der Waals surface area contributed by atoms with E-state index in [-0.39, 0.29) is 5.56 Å². The van der Waals surface area contributed by atoms with Crippen molar-refractivity contribution in [3.63, 3.8) is 0 Å². The Labute approximate surface area is 148 Å². The lowest BCUT2D eigenvalue weighted by Crippen LogP contribution is -2.14. The van der Waals surface area contributed by atoms with Gasteiger partial charge in [-0.3, -0.25) is 9.78 Å². The smallest absolute Gasteiger partial charge is 0.263 e. The highest BCUT2D eigenvalue weighted by Crippen LogP contribution is 2.14. The third kappa shape index (κ3) is 3.32. The number of fused-ring (bicyclic) bond motifs is 1. The van der Waals surface area contributed by atoms with Crippen molar-refractivity contribution in [1.29, 1.82) is 0 Å². The van der Waals surface area contributed by atoms with Crippen LogP contribution in [0.5, 0.6) is 0 Å². The monoisotopic (exact) mass is 350 g/mol. The van der Waals surface area contributed by atoms with Gasteiger partial charge in [0, 0.05) is 13.1 Å². The van der Waals surface area contributed by atoms with E-state index in [0.717, 1.165) is 25.1 Å². The minimum atomic E-state index is -0.204. The van der Waals surface area contributed by atoms with Crippen LogP contribution in [-0.2, 0) is 6.54 Å². The van der Waals surface area contributed by atoms with Crippen LogP contribution in [0.15, 0.2) is 54.0 Å². The molecule has 2 N–H and O–H groups in total. The molecule has 0 aliphatic heterocycles. The van der Waals surface area contributed by atoms with E-state index < -0.39 is 0 Å². The van der Waals surface area contributed by atoms with Crippen LogP contribution in [0.1, 0.15) is 12.8 Å². The topological polar surface area (TPSA) is 106 Å². The number of H-pyrrole nitrogens is 1. The van der Waals surface area contributed by atoms with Crippen LogP contribution in [0, 0.1) is 0 Å². The number of unbranched alkanes of at least 4 members (excludes halogenated alkanes) is 1. The standard InChI is InChI=1S/C17H18N8O/c26-16-14-10-21-25(13-6-2-1-3-7-13)15(14)22-17(23-16)18-8-4-5-9-24-11-19-20-12-24/h1-3,6-7,10-12H,4-5,8-9H2,(H2,18,22,23,26). The van der Waals surface area contributed by atoms with Gasteiger partial charge in [0.2, 0.25) is 5.95 Å². The normalized spacial score (nSPS) is 11.1. The summed E-state index contributed by atoms with van der Waals surface area (Å²) in [5, 5.41) is 15.5. The molecule has 0 saturated carbocycles. The summed E-state index contributed by atoms with van der Waals surface area (Å²) in [5.74, 6) is 0.449. The van der Waals surface area contributed by atoms with Gasteiger partial charge in [-0.1, -0.05) is 18.2 Å². The van der Waals surface area contributed by atoms with Crippen molar-refractivity contribution in [2.45, 2.75) is 19.4 Å². The Balaban J connectivity index is 1.46. The van der Waals surface area contributed by atoms with Gasteiger partial charge in [0.1, 0.15) is 18.0 Å². The first kappa shape index (κ1) is 16.0. The first-order valence-electron chi connectivity index (χ1n) is 8.41. The van der Waals surface area contributed by atoms with Gasteiger partial charge < -0.3 is 9.88 Å². The highest BCUT2D eigenvalue weighted by molar-refractivity contribution is 5.76. The molecule has 4 aromatic rings. The van der Waals surface area contributed by atoms with E-state index in [1.165, 1.54) is 6.20 Å². The molecular weight excluding hydrogens is 332 g/mol. The molecule has 0 aliphatic rings. The van der Waals surface area contributed by atoms with E-state index in [2.05, 4.69) is 30.6 Å². The van der Waals surface area contributed by atoms with E-state index >= 15 is 0 Å². The number of aryl methyl sites for hydroxylation is 1. The largest absolute Gasteiger partial charge is 0.356 e. The molecule has 9 nitrogen and oxygen atoms in total. The summed E-state index contributed by atoms with van der Waals surface area (Å²) in [4.78, 5) is 19.6. The zero-order chi connectivity index (χ0) is 17.8. The lowest BCUT2D eigenvalue weighted by molar-refractivity contribution is 0.618. The first-order chi connectivity index (χ1) is 12.8. The molecule has 0 amide bonds. The maximum Gasteiger partial charge on any atom is 0.263 e. The molecule has 0 saturated heterocycles. The third-order valence-electron chi connectivity index (χ3n) is 4.04. The van der Waals surface area contributed by atoms with Gasteiger partial charge in [0.25, 0.3) is 5.56 Å². The summed E-state index contributed by atoms with van der Waals surface area (Å²) in [6.07, 6.45) is 6.84. The molecule has 9 heteroatoms. The van der Waals surface area contributed by atoms with Gasteiger partial charge >= 0.3 is 0 Å². The van der Waals surface area contributed by atoms with Crippen LogP contribution in [-0.4, -0.2) is 41.1 Å². The Kier molecular flexibility index (Phi) is 4.42. The number of anilines is 1. The van der Waals surface area contributed by atoms with E-state index in [9.17, 15) is 4.79 Å². The number of aromatic nitrogens is 7. The second-order valence-corrected chi connectivity index (χ2v) is 5.88. The van der Waals surface area contributed by atoms with Crippen molar-refractivity contribution in [3.05, 3.63) is 59.5 Å². The molecule has 0 atom stereocenters. The Morgan fingerprint density at radius 1 is 1.08 bits per heavy atom. The van der Waals surface area contributed by atoms with Gasteiger partial charge in [0.05, 0.1) is 11.9 Å². The first-order valence-corrected chi connectivity index (χ1v) is 8.41. The fourth-order valence-electron chi connectivity index (χ4n) is 2.72. The number of rotatable bonds is 7. The molecule has 3 aromatic heterocycles. The Morgan fingerprint density at radius 2 is 1.88 bits per heavy atom. The number of aromatic amines is 1. The summed E-state index contributed by atoms with van der Waals surface area (Å²) in [6.45, 7) is 1.56. The van der Waals surface area contributed by atoms with E-state index in [1.54, 1.807) is 17.3 Å². The Morgan fingerprint density at radius 3 is 2.69 bits per heavy atom. The number of nitrogens with zero attached hydrogens (tertiary/aromatic N) is 6. The summed E-state index contributed by atoms with van der Waals surface area (Å²) in [5.41, 5.74) is 1.19. The van der Waals surface area contributed by atoms with Crippen LogP contribution < -0.4 is 10.9 Å². The van der Waals surface area contributed by atoms with Crippen LogP contribution in [0.3, 0.4) is 0 Å².